The molecule has 0 radical (unpaired) electrons. The van der Waals surface area contributed by atoms with Crippen LogP contribution in [0.25, 0.3) is 10.4 Å². The number of carbonyl (C=O) groups is 2. The molecule has 0 saturated heterocycles. The number of ether oxygens (including phenoxy) is 1. The van der Waals surface area contributed by atoms with Crippen molar-refractivity contribution in [3.63, 3.8) is 0 Å². The molecule has 2 N–H and O–H groups in total. The Balaban J connectivity index is 1.70. The predicted octanol–water partition coefficient (Wildman–Crippen LogP) is 5.35. The van der Waals surface area contributed by atoms with E-state index in [2.05, 4.69) is 6.92 Å². The number of hydrogen-bond acceptors (Lipinski definition) is 5. The molecule has 5 nitrogen and oxygen atoms in total. The van der Waals surface area contributed by atoms with E-state index in [9.17, 15) is 9.59 Å². The summed E-state index contributed by atoms with van der Waals surface area (Å²) in [4.78, 5) is 29.5. The van der Waals surface area contributed by atoms with E-state index in [1.807, 2.05) is 35.2 Å². The molecule has 0 spiro atoms. The van der Waals surface area contributed by atoms with Crippen LogP contribution in [0, 0.1) is 17.8 Å². The molecule has 0 unspecified atom stereocenters. The summed E-state index contributed by atoms with van der Waals surface area (Å²) in [5, 5.41) is 0. The van der Waals surface area contributed by atoms with E-state index in [-0.39, 0.29) is 17.8 Å². The molecule has 0 bridgehead atoms. The molecule has 0 atom stereocenters. The molecule has 2 aromatic rings. The van der Waals surface area contributed by atoms with Gasteiger partial charge in [-0.15, -0.1) is 11.3 Å². The first-order valence-corrected chi connectivity index (χ1v) is 11.7. The molecule has 160 valence electrons. The fraction of sp³-hybridized carbons (Fsp3) is 0.500. The van der Waals surface area contributed by atoms with Crippen LogP contribution < -0.4 is 10.6 Å². The number of amides is 1. The van der Waals surface area contributed by atoms with Crippen molar-refractivity contribution >= 4 is 34.6 Å². The third-order valence-corrected chi connectivity index (χ3v) is 7.49. The van der Waals surface area contributed by atoms with Crippen molar-refractivity contribution in [3.8, 4) is 10.4 Å². The number of anilines is 2. The quantitative estimate of drug-likeness (QED) is 0.499. The Kier molecular flexibility index (Phi) is 6.14. The zero-order valence-corrected chi connectivity index (χ0v) is 18.5. The molecule has 4 rings (SSSR count). The summed E-state index contributed by atoms with van der Waals surface area (Å²) >= 11 is 1.38. The van der Waals surface area contributed by atoms with Gasteiger partial charge in [-0.25, -0.2) is 4.79 Å². The molecule has 0 aliphatic heterocycles. The lowest BCUT2D eigenvalue weighted by Crippen LogP contribution is -2.39. The van der Waals surface area contributed by atoms with Crippen LogP contribution in [0.4, 0.5) is 11.4 Å². The molecule has 2 fully saturated rings. The van der Waals surface area contributed by atoms with Gasteiger partial charge in [-0.2, -0.15) is 0 Å². The lowest BCUT2D eigenvalue weighted by molar-refractivity contribution is -0.123. The smallest absolute Gasteiger partial charge is 0.350 e. The highest BCUT2D eigenvalue weighted by Crippen LogP contribution is 2.41. The van der Waals surface area contributed by atoms with Gasteiger partial charge in [0.2, 0.25) is 5.91 Å². The average molecular weight is 427 g/mol. The van der Waals surface area contributed by atoms with Crippen LogP contribution >= 0.6 is 11.3 Å². The van der Waals surface area contributed by atoms with Crippen LogP contribution in [0.15, 0.2) is 30.3 Å². The number of nitrogen functional groups attached to an aromatic ring is 1. The second kappa shape index (κ2) is 8.80. The number of nitrogens with zero attached hydrogens (tertiary/aromatic N) is 1. The number of thiophene rings is 1. The highest BCUT2D eigenvalue weighted by atomic mass is 32.1. The normalized spacial score (nSPS) is 21.3. The van der Waals surface area contributed by atoms with E-state index < -0.39 is 0 Å². The first-order chi connectivity index (χ1) is 14.5. The van der Waals surface area contributed by atoms with E-state index >= 15 is 0 Å². The van der Waals surface area contributed by atoms with E-state index in [1.165, 1.54) is 18.4 Å². The van der Waals surface area contributed by atoms with Gasteiger partial charge in [0, 0.05) is 23.0 Å². The van der Waals surface area contributed by atoms with Crippen molar-refractivity contribution in [1.82, 2.24) is 0 Å². The first kappa shape index (κ1) is 20.9. The Morgan fingerprint density at radius 2 is 1.77 bits per heavy atom. The van der Waals surface area contributed by atoms with Crippen molar-refractivity contribution in [2.75, 3.05) is 24.3 Å². The van der Waals surface area contributed by atoms with E-state index in [0.29, 0.717) is 34.6 Å². The number of nitrogens with two attached hydrogens (primary N) is 1. The predicted molar refractivity (Wildman–Crippen MR) is 122 cm³/mol. The number of rotatable bonds is 6. The first-order valence-electron chi connectivity index (χ1n) is 10.9. The molecule has 2 saturated carbocycles. The van der Waals surface area contributed by atoms with Crippen LogP contribution in [0.5, 0.6) is 0 Å². The molecule has 6 heteroatoms. The Labute approximate surface area is 182 Å². The minimum absolute atomic E-state index is 0.0466. The topological polar surface area (TPSA) is 72.6 Å². The van der Waals surface area contributed by atoms with Crippen molar-refractivity contribution < 1.29 is 14.3 Å². The molecule has 1 aromatic heterocycles. The number of hydrogen-bond donors (Lipinski definition) is 1. The maximum atomic E-state index is 13.6. The van der Waals surface area contributed by atoms with Gasteiger partial charge >= 0.3 is 5.97 Å². The van der Waals surface area contributed by atoms with Gasteiger partial charge in [0.25, 0.3) is 0 Å². The summed E-state index contributed by atoms with van der Waals surface area (Å²) in [5.41, 5.74) is 8.21. The summed E-state index contributed by atoms with van der Waals surface area (Å²) in [7, 11) is 1.39. The molecule has 2 aliphatic rings. The van der Waals surface area contributed by atoms with E-state index in [4.69, 9.17) is 10.5 Å². The van der Waals surface area contributed by atoms with Crippen molar-refractivity contribution in [1.29, 1.82) is 0 Å². The van der Waals surface area contributed by atoms with Gasteiger partial charge in [-0.05, 0) is 74.1 Å². The minimum atomic E-state index is -0.387. The lowest BCUT2D eigenvalue weighted by atomic mass is 9.82. The third kappa shape index (κ3) is 4.53. The summed E-state index contributed by atoms with van der Waals surface area (Å²) in [6, 6.07) is 9.57. The number of benzene rings is 1. The minimum Gasteiger partial charge on any atom is -0.465 e. The van der Waals surface area contributed by atoms with E-state index in [0.717, 1.165) is 49.0 Å². The lowest BCUT2D eigenvalue weighted by Gasteiger charge is -2.31. The second-order valence-electron chi connectivity index (χ2n) is 8.79. The fourth-order valence-corrected chi connectivity index (χ4v) is 5.29. The molecule has 1 amide bonds. The van der Waals surface area contributed by atoms with Crippen LogP contribution in [0.2, 0.25) is 0 Å². The van der Waals surface area contributed by atoms with Crippen LogP contribution in [0.1, 0.15) is 55.1 Å². The maximum absolute atomic E-state index is 13.6. The highest BCUT2D eigenvalue weighted by Gasteiger charge is 2.35. The molecular weight excluding hydrogens is 396 g/mol. The Bertz CT molecular complexity index is 909. The largest absolute Gasteiger partial charge is 0.465 e. The SMILES string of the molecule is COC(=O)c1sc(-c2ccc(N)cc2)cc1N(CC1CC1)C(=O)[C@H]1CC[C@H](C)CC1. The van der Waals surface area contributed by atoms with Gasteiger partial charge in [0.1, 0.15) is 4.88 Å². The molecule has 1 aromatic carbocycles. The summed E-state index contributed by atoms with van der Waals surface area (Å²) in [5.74, 6) is 1.05. The number of methoxy groups -OCH3 is 1. The monoisotopic (exact) mass is 426 g/mol. The highest BCUT2D eigenvalue weighted by molar-refractivity contribution is 7.18. The Hall–Kier alpha value is -2.34. The van der Waals surface area contributed by atoms with Gasteiger partial charge in [0.05, 0.1) is 12.8 Å². The Morgan fingerprint density at radius 3 is 2.37 bits per heavy atom. The zero-order chi connectivity index (χ0) is 21.3. The van der Waals surface area contributed by atoms with Crippen LogP contribution in [-0.2, 0) is 9.53 Å². The molecule has 1 heterocycles. The third-order valence-electron chi connectivity index (χ3n) is 6.34. The molecule has 2 aliphatic carbocycles. The van der Waals surface area contributed by atoms with E-state index in [1.54, 1.807) is 0 Å². The van der Waals surface area contributed by atoms with Gasteiger partial charge in [0.15, 0.2) is 0 Å². The van der Waals surface area contributed by atoms with Crippen molar-refractivity contribution in [2.24, 2.45) is 17.8 Å². The fourth-order valence-electron chi connectivity index (χ4n) is 4.20. The standard InChI is InChI=1S/C24H30N2O3S/c1-15-3-7-18(8-4-15)23(27)26(14-16-5-6-16)20-13-21(30-22(20)24(28)29-2)17-9-11-19(25)12-10-17/h9-13,15-16,18H,3-8,14,25H2,1-2H3/t15-,18-. The number of esters is 1. The summed E-state index contributed by atoms with van der Waals surface area (Å²) in [6.07, 6.45) is 6.35. The maximum Gasteiger partial charge on any atom is 0.350 e. The zero-order valence-electron chi connectivity index (χ0n) is 17.7. The van der Waals surface area contributed by atoms with Crippen LogP contribution in [0.3, 0.4) is 0 Å². The van der Waals surface area contributed by atoms with Crippen molar-refractivity contribution in [3.05, 3.63) is 35.2 Å². The molecule has 30 heavy (non-hydrogen) atoms. The summed E-state index contributed by atoms with van der Waals surface area (Å²) < 4.78 is 5.07. The number of carbonyl (C=O) groups excluding carboxylic acids is 2. The molecular formula is C24H30N2O3S. The van der Waals surface area contributed by atoms with Crippen LogP contribution in [-0.4, -0.2) is 25.5 Å². The second-order valence-corrected chi connectivity index (χ2v) is 9.84. The van der Waals surface area contributed by atoms with Gasteiger partial charge in [-0.1, -0.05) is 19.1 Å². The van der Waals surface area contributed by atoms with Gasteiger partial charge in [-0.3, -0.25) is 4.79 Å². The Morgan fingerprint density at radius 1 is 1.10 bits per heavy atom. The van der Waals surface area contributed by atoms with Gasteiger partial charge < -0.3 is 15.4 Å². The van der Waals surface area contributed by atoms with Crippen molar-refractivity contribution in [2.45, 2.75) is 45.4 Å². The summed E-state index contributed by atoms with van der Waals surface area (Å²) in [6.45, 7) is 2.95. The average Bonchev–Trinajstić information content (AvgIpc) is 3.48.